The second-order valence-corrected chi connectivity index (χ2v) is 24.6. The molecular formula is C67H78N16O5S2. The Morgan fingerprint density at radius 3 is 1.52 bits per heavy atom. The van der Waals surface area contributed by atoms with E-state index in [1.54, 1.807) is 75.0 Å². The zero-order valence-electron chi connectivity index (χ0n) is 50.8. The van der Waals surface area contributed by atoms with E-state index in [2.05, 4.69) is 81.1 Å². The number of nitrogens with zero attached hydrogens (tertiary/aromatic N) is 14. The van der Waals surface area contributed by atoms with Gasteiger partial charge in [-0.05, 0) is 113 Å². The molecule has 0 fully saturated rings. The first-order valence-corrected chi connectivity index (χ1v) is 31.1. The molecule has 0 atom stereocenters. The second-order valence-electron chi connectivity index (χ2n) is 20.9. The maximum Gasteiger partial charge on any atom is 0.268 e. The Kier molecular flexibility index (Phi) is 19.5. The summed E-state index contributed by atoms with van der Waals surface area (Å²) in [7, 11) is 0.592. The van der Waals surface area contributed by atoms with Gasteiger partial charge in [0.2, 0.25) is 17.7 Å². The number of aryl methyl sites for hydroxylation is 3. The van der Waals surface area contributed by atoms with Crippen molar-refractivity contribution in [2.75, 3.05) is 25.6 Å². The molecular weight excluding hydrogens is 1170 g/mol. The summed E-state index contributed by atoms with van der Waals surface area (Å²) < 4.78 is 42.3. The molecule has 0 radical (unpaired) electrons. The molecule has 0 amide bonds. The lowest BCUT2D eigenvalue weighted by Gasteiger charge is -2.16. The first-order chi connectivity index (χ1) is 43.5. The third-order valence-corrected chi connectivity index (χ3v) is 17.5. The van der Waals surface area contributed by atoms with Gasteiger partial charge in [0.1, 0.15) is 22.9 Å². The van der Waals surface area contributed by atoms with Crippen molar-refractivity contribution in [3.63, 3.8) is 0 Å². The van der Waals surface area contributed by atoms with Gasteiger partial charge in [0.05, 0.1) is 62.9 Å². The van der Waals surface area contributed by atoms with Crippen LogP contribution in [0.15, 0.2) is 194 Å². The van der Waals surface area contributed by atoms with E-state index in [1.165, 1.54) is 4.90 Å². The van der Waals surface area contributed by atoms with Gasteiger partial charge in [0.15, 0.2) is 9.84 Å². The molecule has 4 N–H and O–H groups in total. The highest BCUT2D eigenvalue weighted by Gasteiger charge is 2.22. The van der Waals surface area contributed by atoms with E-state index in [0.29, 0.717) is 87.2 Å². The minimum Gasteiger partial charge on any atom is -0.415 e. The number of thioether (sulfide) groups is 1. The van der Waals surface area contributed by atoms with Crippen LogP contribution >= 0.6 is 11.8 Å². The predicted molar refractivity (Wildman–Crippen MR) is 364 cm³/mol. The Morgan fingerprint density at radius 1 is 0.567 bits per heavy atom. The van der Waals surface area contributed by atoms with Crippen molar-refractivity contribution in [2.24, 2.45) is 5.73 Å². The molecule has 12 rings (SSSR count). The Labute approximate surface area is 535 Å². The fourth-order valence-electron chi connectivity index (χ4n) is 8.81. The van der Waals surface area contributed by atoms with Gasteiger partial charge < -0.3 is 29.6 Å². The number of hydrogen-bond acceptors (Lipinski definition) is 22. The molecule has 0 saturated heterocycles. The maximum absolute atomic E-state index is 12.4. The maximum atomic E-state index is 12.4. The van der Waals surface area contributed by atoms with Crippen LogP contribution in [0.5, 0.6) is 0 Å². The summed E-state index contributed by atoms with van der Waals surface area (Å²) in [6.45, 7) is 15.6. The average Bonchev–Trinajstić information content (AvgIpc) is 1.81. The highest BCUT2D eigenvalue weighted by Crippen LogP contribution is 2.34. The molecule has 0 unspecified atom stereocenters. The summed E-state index contributed by atoms with van der Waals surface area (Å²) in [6.07, 6.45) is 7.88. The number of pyridine rings is 1. The molecule has 12 aromatic rings. The predicted octanol–water partition coefficient (Wildman–Crippen LogP) is 14.9. The van der Waals surface area contributed by atoms with Gasteiger partial charge in [-0.3, -0.25) is 15.0 Å². The third kappa shape index (κ3) is 14.6. The number of sulfone groups is 1. The van der Waals surface area contributed by atoms with Crippen molar-refractivity contribution in [2.45, 2.75) is 69.5 Å². The van der Waals surface area contributed by atoms with Crippen LogP contribution in [0, 0.1) is 20.8 Å². The largest absolute Gasteiger partial charge is 0.415 e. The standard InChI is InChI=1S/C23H23N5O3S.C22H21N7O.C22H20N4OS.7H2/c1-14(2)32(29,30)19-10-8-17(9-11-19)20-13-25-15(3)21(26-20)23-28-27-22(31-23)18-6-4-16(12-24)5-7-18;1-13-20(22-28-27-21(30-22)17-9-10-24-19(23)11-17)26-18(12-25-13)16-7-5-15(6-8-16)14(2)29(3)4;1-3-13-28-19-12-8-7-11-17(19)18-14-23-15(2)20(24-18)22-26-25-21(27-22)16-9-5-4-6-10-16;;;;;;;/h4-11,13-14H,12,24H2,1-3H3;5-12H,2H2,1,3-4H3,(H2,23,24);4-12,14H,3,13H2,1-2H3;7*1H. The lowest BCUT2D eigenvalue weighted by Crippen LogP contribution is -2.13. The smallest absolute Gasteiger partial charge is 0.268 e. The van der Waals surface area contributed by atoms with E-state index < -0.39 is 15.1 Å². The van der Waals surface area contributed by atoms with Gasteiger partial charge >= 0.3 is 0 Å². The van der Waals surface area contributed by atoms with E-state index in [0.717, 1.165) is 68.2 Å². The van der Waals surface area contributed by atoms with Crippen molar-refractivity contribution in [3.05, 3.63) is 199 Å². The molecule has 0 saturated carbocycles. The van der Waals surface area contributed by atoms with Gasteiger partial charge in [0, 0.05) is 80.8 Å². The van der Waals surface area contributed by atoms with Crippen molar-refractivity contribution in [1.82, 2.24) is 70.4 Å². The van der Waals surface area contributed by atoms with Gasteiger partial charge in [-0.2, -0.15) is 0 Å². The molecule has 7 heterocycles. The summed E-state index contributed by atoms with van der Waals surface area (Å²) in [6, 6.07) is 43.6. The molecule has 0 aliphatic carbocycles. The van der Waals surface area contributed by atoms with Crippen LogP contribution in [0.2, 0.25) is 0 Å². The van der Waals surface area contributed by atoms with Crippen molar-refractivity contribution >= 4 is 33.1 Å². The molecule has 468 valence electrons. The SMILES string of the molecule is C=C(c1ccc(-c2cnc(C)c(-c3nnc(-c4ccnc(N)c4)o3)n2)cc1)N(C)C.CCCSc1ccccc1-c1cnc(C)c(-c2nnc(-c3ccccc3)o2)n1.Cc1ncc(-c2ccc(S(=O)(=O)C(C)C)cc2)nc1-c1nnc(-c2ccc(CN)cc2)o1.[HH].[HH].[HH].[HH].[HH].[HH].[HH]. The number of aromatic nitrogens is 13. The highest BCUT2D eigenvalue weighted by atomic mass is 32.2. The summed E-state index contributed by atoms with van der Waals surface area (Å²) in [5, 5.41) is 24.4. The number of nitrogen functional groups attached to an aromatic ring is 1. The second kappa shape index (κ2) is 28.1. The minimum absolute atomic E-state index is 0. The molecule has 90 heavy (non-hydrogen) atoms. The quantitative estimate of drug-likeness (QED) is 0.0800. The molecule has 0 aliphatic rings. The molecule has 0 bridgehead atoms. The summed E-state index contributed by atoms with van der Waals surface area (Å²) >= 11 is 1.83. The summed E-state index contributed by atoms with van der Waals surface area (Å²) in [5.74, 6) is 3.57. The Morgan fingerprint density at radius 2 is 1.02 bits per heavy atom. The lowest BCUT2D eigenvalue weighted by molar-refractivity contribution is 0.580. The van der Waals surface area contributed by atoms with Crippen LogP contribution in [0.4, 0.5) is 5.82 Å². The van der Waals surface area contributed by atoms with Crippen molar-refractivity contribution in [3.8, 4) is 103 Å². The van der Waals surface area contributed by atoms with Crippen LogP contribution in [0.3, 0.4) is 0 Å². The zero-order chi connectivity index (χ0) is 63.5. The summed E-state index contributed by atoms with van der Waals surface area (Å²) in [5.41, 5.74) is 25.3. The number of anilines is 1. The van der Waals surface area contributed by atoms with E-state index in [4.69, 9.17) is 34.7 Å². The monoisotopic (exact) mass is 1250 g/mol. The number of rotatable bonds is 17. The van der Waals surface area contributed by atoms with Gasteiger partial charge in [-0.25, -0.2) is 28.4 Å². The third-order valence-electron chi connectivity index (χ3n) is 14.0. The molecule has 0 aliphatic heterocycles. The van der Waals surface area contributed by atoms with Gasteiger partial charge in [-0.1, -0.05) is 98.4 Å². The van der Waals surface area contributed by atoms with Crippen molar-refractivity contribution in [1.29, 1.82) is 0 Å². The average molecular weight is 1250 g/mol. The minimum atomic E-state index is -3.34. The highest BCUT2D eigenvalue weighted by molar-refractivity contribution is 7.99. The van der Waals surface area contributed by atoms with Gasteiger partial charge in [0.25, 0.3) is 17.7 Å². The van der Waals surface area contributed by atoms with E-state index in [9.17, 15) is 8.42 Å². The molecule has 7 aromatic heterocycles. The fraction of sp³-hybridized carbons (Fsp3) is 0.179. The van der Waals surface area contributed by atoms with Crippen LogP contribution in [0.1, 0.15) is 65.4 Å². The van der Waals surface area contributed by atoms with E-state index in [1.807, 2.05) is 143 Å². The molecule has 0 spiro atoms. The normalized spacial score (nSPS) is 11.2. The van der Waals surface area contributed by atoms with Gasteiger partial charge in [-0.15, -0.1) is 42.4 Å². The Hall–Kier alpha value is -10.5. The molecule has 5 aromatic carbocycles. The van der Waals surface area contributed by atoms with Crippen LogP contribution in [-0.4, -0.2) is 104 Å². The first kappa shape index (κ1) is 62.6. The lowest BCUT2D eigenvalue weighted by atomic mass is 10.1. The molecule has 21 nitrogen and oxygen atoms in total. The Bertz CT molecular complexity index is 4590. The van der Waals surface area contributed by atoms with E-state index in [-0.39, 0.29) is 20.8 Å². The van der Waals surface area contributed by atoms with E-state index >= 15 is 0 Å². The molecule has 23 heteroatoms. The number of nitrogens with two attached hydrogens (primary N) is 2. The number of benzene rings is 5. The topological polar surface area (TPSA) is 296 Å². The zero-order valence-corrected chi connectivity index (χ0v) is 52.4. The fourth-order valence-corrected chi connectivity index (χ4v) is 10.8. The van der Waals surface area contributed by atoms with Crippen LogP contribution in [0.25, 0.3) is 109 Å². The number of hydrogen-bond donors (Lipinski definition) is 2. The van der Waals surface area contributed by atoms with Crippen LogP contribution in [-0.2, 0) is 16.4 Å². The Balaban J connectivity index is 0.000000366. The van der Waals surface area contributed by atoms with Crippen LogP contribution < -0.4 is 11.5 Å². The first-order valence-electron chi connectivity index (χ1n) is 28.6. The summed E-state index contributed by atoms with van der Waals surface area (Å²) in [4.78, 5) is 35.0. The van der Waals surface area contributed by atoms with Crippen molar-refractivity contribution < 1.29 is 31.7 Å².